The second-order valence-corrected chi connectivity index (χ2v) is 4.46. The number of methoxy groups -OCH3 is 2. The Morgan fingerprint density at radius 2 is 1.90 bits per heavy atom. The van der Waals surface area contributed by atoms with E-state index in [1.165, 1.54) is 13.2 Å². The van der Waals surface area contributed by atoms with Crippen LogP contribution in [0.4, 0.5) is 0 Å². The van der Waals surface area contributed by atoms with Crippen molar-refractivity contribution in [2.75, 3.05) is 14.2 Å². The van der Waals surface area contributed by atoms with Crippen LogP contribution in [0, 0.1) is 0 Å². The van der Waals surface area contributed by atoms with Gasteiger partial charge in [0.15, 0.2) is 0 Å². The summed E-state index contributed by atoms with van der Waals surface area (Å²) in [7, 11) is 2.91. The van der Waals surface area contributed by atoms with Gasteiger partial charge in [0.25, 0.3) is 0 Å². The highest BCUT2D eigenvalue weighted by Gasteiger charge is 2.13. The standard InChI is InChI=1S/C16H20O5/c1-12(10-16(18)20-3)15(8-9-17)21-11-13-4-6-14(19-2)7-5-13/h4-7,9-10,15H,8,11H2,1-3H3/b12-10+/t15-/m1/s1. The minimum absolute atomic E-state index is 0.190. The van der Waals surface area contributed by atoms with Crippen LogP contribution in [0.1, 0.15) is 18.9 Å². The van der Waals surface area contributed by atoms with Gasteiger partial charge in [-0.25, -0.2) is 4.79 Å². The van der Waals surface area contributed by atoms with E-state index in [2.05, 4.69) is 4.74 Å². The van der Waals surface area contributed by atoms with Gasteiger partial charge in [0.05, 0.1) is 26.9 Å². The molecule has 0 radical (unpaired) electrons. The minimum atomic E-state index is -0.462. The van der Waals surface area contributed by atoms with Crippen molar-refractivity contribution in [2.24, 2.45) is 0 Å². The number of carbonyl (C=O) groups is 2. The average Bonchev–Trinajstić information content (AvgIpc) is 2.51. The summed E-state index contributed by atoms with van der Waals surface area (Å²) >= 11 is 0. The predicted molar refractivity (Wildman–Crippen MR) is 78.0 cm³/mol. The molecule has 0 saturated carbocycles. The van der Waals surface area contributed by atoms with Crippen LogP contribution in [-0.4, -0.2) is 32.6 Å². The third kappa shape index (κ3) is 5.79. The van der Waals surface area contributed by atoms with E-state index in [9.17, 15) is 9.59 Å². The number of ether oxygens (including phenoxy) is 3. The van der Waals surface area contributed by atoms with E-state index in [-0.39, 0.29) is 6.42 Å². The minimum Gasteiger partial charge on any atom is -0.497 e. The molecule has 0 aliphatic rings. The lowest BCUT2D eigenvalue weighted by molar-refractivity contribution is -0.135. The van der Waals surface area contributed by atoms with Gasteiger partial charge in [0, 0.05) is 12.5 Å². The lowest BCUT2D eigenvalue weighted by Gasteiger charge is -2.16. The zero-order chi connectivity index (χ0) is 15.7. The summed E-state index contributed by atoms with van der Waals surface area (Å²) in [5, 5.41) is 0. The third-order valence-corrected chi connectivity index (χ3v) is 2.98. The first kappa shape index (κ1) is 16.9. The van der Waals surface area contributed by atoms with E-state index in [0.717, 1.165) is 17.6 Å². The van der Waals surface area contributed by atoms with E-state index in [1.54, 1.807) is 14.0 Å². The molecule has 0 amide bonds. The van der Waals surface area contributed by atoms with E-state index in [1.807, 2.05) is 24.3 Å². The Labute approximate surface area is 124 Å². The van der Waals surface area contributed by atoms with Crippen molar-refractivity contribution >= 4 is 12.3 Å². The summed E-state index contributed by atoms with van der Waals surface area (Å²) in [6, 6.07) is 7.45. The Hall–Kier alpha value is -2.14. The van der Waals surface area contributed by atoms with E-state index >= 15 is 0 Å². The third-order valence-electron chi connectivity index (χ3n) is 2.98. The summed E-state index contributed by atoms with van der Waals surface area (Å²) in [6.07, 6.45) is 1.86. The maximum Gasteiger partial charge on any atom is 0.330 e. The van der Waals surface area contributed by atoms with Crippen LogP contribution in [-0.2, 0) is 25.7 Å². The van der Waals surface area contributed by atoms with Crippen molar-refractivity contribution in [3.63, 3.8) is 0 Å². The molecule has 114 valence electrons. The van der Waals surface area contributed by atoms with Crippen molar-refractivity contribution in [1.29, 1.82) is 0 Å². The van der Waals surface area contributed by atoms with E-state index < -0.39 is 12.1 Å². The first-order valence-electron chi connectivity index (χ1n) is 6.55. The molecule has 5 nitrogen and oxygen atoms in total. The first-order valence-corrected chi connectivity index (χ1v) is 6.55. The number of aldehydes is 1. The summed E-state index contributed by atoms with van der Waals surface area (Å²) in [6.45, 7) is 2.08. The van der Waals surface area contributed by atoms with Crippen LogP contribution in [0.3, 0.4) is 0 Å². The molecule has 0 bridgehead atoms. The number of benzene rings is 1. The molecule has 21 heavy (non-hydrogen) atoms. The maximum absolute atomic E-state index is 11.2. The van der Waals surface area contributed by atoms with E-state index in [4.69, 9.17) is 9.47 Å². The molecule has 1 rings (SSSR count). The number of esters is 1. The van der Waals surface area contributed by atoms with Crippen molar-refractivity contribution < 1.29 is 23.8 Å². The van der Waals surface area contributed by atoms with Crippen LogP contribution in [0.5, 0.6) is 5.75 Å². The van der Waals surface area contributed by atoms with E-state index in [0.29, 0.717) is 12.2 Å². The van der Waals surface area contributed by atoms with Gasteiger partial charge < -0.3 is 19.0 Å². The molecule has 0 fully saturated rings. The number of carbonyl (C=O) groups excluding carboxylic acids is 2. The quantitative estimate of drug-likeness (QED) is 0.418. The summed E-state index contributed by atoms with van der Waals surface area (Å²) in [5.41, 5.74) is 1.61. The molecule has 0 saturated heterocycles. The molecule has 0 unspecified atom stereocenters. The van der Waals surface area contributed by atoms with Gasteiger partial charge in [-0.15, -0.1) is 0 Å². The largest absolute Gasteiger partial charge is 0.497 e. The van der Waals surface area contributed by atoms with Crippen LogP contribution < -0.4 is 4.74 Å². The molecule has 0 aliphatic heterocycles. The van der Waals surface area contributed by atoms with Gasteiger partial charge in [-0.3, -0.25) is 0 Å². The molecule has 1 aromatic carbocycles. The highest BCUT2D eigenvalue weighted by molar-refractivity contribution is 5.82. The van der Waals surface area contributed by atoms with Gasteiger partial charge in [-0.05, 0) is 30.2 Å². The van der Waals surface area contributed by atoms with Crippen molar-refractivity contribution in [3.8, 4) is 5.75 Å². The van der Waals surface area contributed by atoms with Crippen LogP contribution in [0.2, 0.25) is 0 Å². The van der Waals surface area contributed by atoms with Crippen LogP contribution in [0.15, 0.2) is 35.9 Å². The van der Waals surface area contributed by atoms with Gasteiger partial charge >= 0.3 is 5.97 Å². The average molecular weight is 292 g/mol. The van der Waals surface area contributed by atoms with Crippen molar-refractivity contribution in [3.05, 3.63) is 41.5 Å². The maximum atomic E-state index is 11.2. The number of rotatable bonds is 8. The molecule has 0 N–H and O–H groups in total. The summed E-state index contributed by atoms with van der Waals surface area (Å²) < 4.78 is 15.3. The predicted octanol–water partition coefficient (Wildman–Crippen LogP) is 2.29. The summed E-state index contributed by atoms with van der Waals surface area (Å²) in [4.78, 5) is 21.9. The smallest absolute Gasteiger partial charge is 0.330 e. The molecule has 1 aromatic rings. The fraction of sp³-hybridized carbons (Fsp3) is 0.375. The fourth-order valence-electron chi connectivity index (χ4n) is 1.73. The fourth-order valence-corrected chi connectivity index (χ4v) is 1.73. The molecule has 0 heterocycles. The molecule has 1 atom stereocenters. The molecule has 0 spiro atoms. The van der Waals surface area contributed by atoms with Crippen LogP contribution >= 0.6 is 0 Å². The first-order chi connectivity index (χ1) is 10.1. The van der Waals surface area contributed by atoms with Crippen LogP contribution in [0.25, 0.3) is 0 Å². The second-order valence-electron chi connectivity index (χ2n) is 4.46. The lowest BCUT2D eigenvalue weighted by Crippen LogP contribution is -2.16. The Kier molecular flexibility index (Phi) is 7.18. The van der Waals surface area contributed by atoms with Gasteiger partial charge in [-0.1, -0.05) is 12.1 Å². The number of hydrogen-bond acceptors (Lipinski definition) is 5. The second kappa shape index (κ2) is 8.92. The molecule has 0 aliphatic carbocycles. The molecular weight excluding hydrogens is 272 g/mol. The zero-order valence-electron chi connectivity index (χ0n) is 12.5. The Morgan fingerprint density at radius 1 is 1.24 bits per heavy atom. The van der Waals surface area contributed by atoms with Crippen molar-refractivity contribution in [1.82, 2.24) is 0 Å². The van der Waals surface area contributed by atoms with Crippen molar-refractivity contribution in [2.45, 2.75) is 26.1 Å². The molecule has 0 aromatic heterocycles. The Balaban J connectivity index is 2.67. The van der Waals surface area contributed by atoms with Gasteiger partial charge in [0.2, 0.25) is 0 Å². The van der Waals surface area contributed by atoms with Gasteiger partial charge in [0.1, 0.15) is 12.0 Å². The monoisotopic (exact) mass is 292 g/mol. The van der Waals surface area contributed by atoms with Gasteiger partial charge in [-0.2, -0.15) is 0 Å². The molecule has 5 heteroatoms. The topological polar surface area (TPSA) is 61.8 Å². The zero-order valence-corrected chi connectivity index (χ0v) is 12.5. The number of hydrogen-bond donors (Lipinski definition) is 0. The Morgan fingerprint density at radius 3 is 2.43 bits per heavy atom. The molecular formula is C16H20O5. The highest BCUT2D eigenvalue weighted by atomic mass is 16.5. The Bertz CT molecular complexity index is 490. The SMILES string of the molecule is COC(=O)/C=C(\C)[C@@H](CC=O)OCc1ccc(OC)cc1. The highest BCUT2D eigenvalue weighted by Crippen LogP contribution is 2.16. The summed E-state index contributed by atoms with van der Waals surface area (Å²) in [5.74, 6) is 0.307. The normalized spacial score (nSPS) is 12.6. The lowest BCUT2D eigenvalue weighted by atomic mass is 10.1.